The second kappa shape index (κ2) is 8.24. The Balaban J connectivity index is 0.00000242. The fraction of sp³-hybridized carbons (Fsp3) is 0.250. The summed E-state index contributed by atoms with van der Waals surface area (Å²) in [4.78, 5) is 17.7. The van der Waals surface area contributed by atoms with Crippen LogP contribution in [-0.2, 0) is 0 Å². The highest BCUT2D eigenvalue weighted by atomic mass is 35.5. The number of pyridine rings is 1. The number of aromatic nitrogens is 1. The van der Waals surface area contributed by atoms with Crippen molar-refractivity contribution in [1.29, 1.82) is 0 Å². The van der Waals surface area contributed by atoms with E-state index in [9.17, 15) is 4.79 Å². The van der Waals surface area contributed by atoms with Gasteiger partial charge in [0.1, 0.15) is 18.1 Å². The van der Waals surface area contributed by atoms with E-state index < -0.39 is 0 Å². The van der Waals surface area contributed by atoms with E-state index in [0.29, 0.717) is 24.5 Å². The Hall–Kier alpha value is -2.27. The minimum absolute atomic E-state index is 0. The van der Waals surface area contributed by atoms with Crippen LogP contribution in [0.15, 0.2) is 42.6 Å². The van der Waals surface area contributed by atoms with Gasteiger partial charge in [0.2, 0.25) is 0 Å². The summed E-state index contributed by atoms with van der Waals surface area (Å²) in [6.07, 6.45) is 1.48. The average molecular weight is 322 g/mol. The molecule has 0 radical (unpaired) electrons. The number of nitrogens with two attached hydrogens (primary N) is 1. The van der Waals surface area contributed by atoms with Crippen molar-refractivity contribution in [3.05, 3.63) is 53.9 Å². The summed E-state index contributed by atoms with van der Waals surface area (Å²) in [5.74, 6) is 0.657. The predicted octanol–water partition coefficient (Wildman–Crippen LogP) is 2.55. The Morgan fingerprint density at radius 1 is 1.32 bits per heavy atom. The Kier molecular flexibility index (Phi) is 6.66. The highest BCUT2D eigenvalue weighted by molar-refractivity contribution is 5.92. The second-order valence-electron chi connectivity index (χ2n) is 4.87. The van der Waals surface area contributed by atoms with Crippen LogP contribution in [0.2, 0.25) is 0 Å². The maximum atomic E-state index is 12.1. The van der Waals surface area contributed by atoms with Gasteiger partial charge in [0.15, 0.2) is 0 Å². The molecule has 0 unspecified atom stereocenters. The molecular formula is C16H20ClN3O2. The molecule has 1 heterocycles. The first-order chi connectivity index (χ1) is 10.1. The largest absolute Gasteiger partial charge is 0.492 e. The molecule has 0 bridgehead atoms. The van der Waals surface area contributed by atoms with Crippen LogP contribution >= 0.6 is 12.4 Å². The number of hydrogen-bond acceptors (Lipinski definition) is 4. The molecule has 118 valence electrons. The normalized spacial score (nSPS) is 9.73. The van der Waals surface area contributed by atoms with Crippen LogP contribution in [0.1, 0.15) is 16.1 Å². The molecule has 1 amide bonds. The number of carbonyl (C=O) groups excluding carboxylic acids is 1. The number of benzene rings is 1. The molecule has 6 heteroatoms. The van der Waals surface area contributed by atoms with Crippen molar-refractivity contribution in [3.8, 4) is 5.75 Å². The molecular weight excluding hydrogens is 302 g/mol. The number of nitrogen functional groups attached to an aromatic ring is 1. The van der Waals surface area contributed by atoms with E-state index in [2.05, 4.69) is 4.98 Å². The monoisotopic (exact) mass is 321 g/mol. The molecule has 2 rings (SSSR count). The zero-order chi connectivity index (χ0) is 15.2. The van der Waals surface area contributed by atoms with Crippen LogP contribution in [-0.4, -0.2) is 36.0 Å². The number of halogens is 1. The van der Waals surface area contributed by atoms with Crippen LogP contribution in [0.5, 0.6) is 5.75 Å². The number of rotatable bonds is 5. The Morgan fingerprint density at radius 2 is 2.09 bits per heavy atom. The van der Waals surface area contributed by atoms with E-state index in [1.165, 1.54) is 6.20 Å². The van der Waals surface area contributed by atoms with Gasteiger partial charge < -0.3 is 15.4 Å². The predicted molar refractivity (Wildman–Crippen MR) is 89.5 cm³/mol. The summed E-state index contributed by atoms with van der Waals surface area (Å²) in [5.41, 5.74) is 7.61. The second-order valence-corrected chi connectivity index (χ2v) is 4.87. The summed E-state index contributed by atoms with van der Waals surface area (Å²) in [5, 5.41) is 0. The molecule has 0 saturated heterocycles. The number of aryl methyl sites for hydroxylation is 1. The van der Waals surface area contributed by atoms with Crippen molar-refractivity contribution in [3.63, 3.8) is 0 Å². The number of amides is 1. The van der Waals surface area contributed by atoms with Gasteiger partial charge in [-0.3, -0.25) is 4.79 Å². The molecule has 2 aromatic rings. The number of likely N-dealkylation sites (N-methyl/N-ethyl adjacent to an activating group) is 1. The Bertz CT molecular complexity index is 617. The van der Waals surface area contributed by atoms with E-state index in [1.807, 2.05) is 31.2 Å². The number of nitrogens with zero attached hydrogens (tertiary/aromatic N) is 2. The number of anilines is 1. The molecule has 22 heavy (non-hydrogen) atoms. The topological polar surface area (TPSA) is 68.5 Å². The lowest BCUT2D eigenvalue weighted by atomic mass is 10.2. The van der Waals surface area contributed by atoms with Crippen LogP contribution in [0.25, 0.3) is 0 Å². The third kappa shape index (κ3) is 4.93. The lowest BCUT2D eigenvalue weighted by Crippen LogP contribution is -2.31. The minimum Gasteiger partial charge on any atom is -0.492 e. The van der Waals surface area contributed by atoms with Gasteiger partial charge in [-0.2, -0.15) is 0 Å². The first-order valence-electron chi connectivity index (χ1n) is 6.73. The van der Waals surface area contributed by atoms with Gasteiger partial charge in [-0.05, 0) is 36.8 Å². The molecule has 5 nitrogen and oxygen atoms in total. The van der Waals surface area contributed by atoms with E-state index >= 15 is 0 Å². The fourth-order valence-electron chi connectivity index (χ4n) is 1.83. The molecule has 0 spiro atoms. The number of carbonyl (C=O) groups is 1. The van der Waals surface area contributed by atoms with Gasteiger partial charge in [-0.1, -0.05) is 12.1 Å². The molecule has 0 aliphatic heterocycles. The molecule has 0 fully saturated rings. The molecule has 1 aromatic carbocycles. The molecule has 2 N–H and O–H groups in total. The molecule has 0 atom stereocenters. The minimum atomic E-state index is -0.150. The van der Waals surface area contributed by atoms with Gasteiger partial charge in [-0.25, -0.2) is 4.98 Å². The lowest BCUT2D eigenvalue weighted by molar-refractivity contribution is 0.0768. The summed E-state index contributed by atoms with van der Waals surface area (Å²) < 4.78 is 5.63. The van der Waals surface area contributed by atoms with Crippen molar-refractivity contribution in [2.24, 2.45) is 0 Å². The quantitative estimate of drug-likeness (QED) is 0.919. The van der Waals surface area contributed by atoms with Crippen molar-refractivity contribution >= 4 is 24.0 Å². The third-order valence-electron chi connectivity index (χ3n) is 3.04. The van der Waals surface area contributed by atoms with Crippen molar-refractivity contribution in [2.75, 3.05) is 25.9 Å². The highest BCUT2D eigenvalue weighted by Crippen LogP contribution is 2.12. The van der Waals surface area contributed by atoms with Crippen molar-refractivity contribution < 1.29 is 9.53 Å². The highest BCUT2D eigenvalue weighted by Gasteiger charge is 2.12. The van der Waals surface area contributed by atoms with Gasteiger partial charge in [-0.15, -0.1) is 12.4 Å². The van der Waals surface area contributed by atoms with E-state index in [-0.39, 0.29) is 18.3 Å². The standard InChI is InChI=1S/C16H19N3O2.ClH/c1-12-4-3-5-14(10-12)21-9-8-19(2)16(20)15-7-6-13(17)11-18-15;/h3-7,10-11H,8-9,17H2,1-2H3;1H. The molecule has 0 aliphatic rings. The first-order valence-corrected chi connectivity index (χ1v) is 6.73. The SMILES string of the molecule is Cc1cccc(OCCN(C)C(=O)c2ccc(N)cn2)c1.Cl. The van der Waals surface area contributed by atoms with Gasteiger partial charge in [0.05, 0.1) is 18.4 Å². The lowest BCUT2D eigenvalue weighted by Gasteiger charge is -2.17. The smallest absolute Gasteiger partial charge is 0.272 e. The van der Waals surface area contributed by atoms with Gasteiger partial charge in [0, 0.05) is 7.05 Å². The summed E-state index contributed by atoms with van der Waals surface area (Å²) in [6.45, 7) is 2.93. The summed E-state index contributed by atoms with van der Waals surface area (Å²) >= 11 is 0. The number of hydrogen-bond donors (Lipinski definition) is 1. The van der Waals surface area contributed by atoms with Crippen LogP contribution in [0.4, 0.5) is 5.69 Å². The van der Waals surface area contributed by atoms with E-state index in [0.717, 1.165) is 11.3 Å². The average Bonchev–Trinajstić information content (AvgIpc) is 2.47. The van der Waals surface area contributed by atoms with Crippen molar-refractivity contribution in [2.45, 2.75) is 6.92 Å². The zero-order valence-electron chi connectivity index (χ0n) is 12.7. The Labute approximate surface area is 136 Å². The zero-order valence-corrected chi connectivity index (χ0v) is 13.5. The Morgan fingerprint density at radius 3 is 2.73 bits per heavy atom. The van der Waals surface area contributed by atoms with E-state index in [1.54, 1.807) is 24.1 Å². The third-order valence-corrected chi connectivity index (χ3v) is 3.04. The number of ether oxygens (including phenoxy) is 1. The van der Waals surface area contributed by atoms with E-state index in [4.69, 9.17) is 10.5 Å². The van der Waals surface area contributed by atoms with Gasteiger partial charge >= 0.3 is 0 Å². The summed E-state index contributed by atoms with van der Waals surface area (Å²) in [7, 11) is 1.72. The van der Waals surface area contributed by atoms with Crippen LogP contribution < -0.4 is 10.5 Å². The molecule has 0 aliphatic carbocycles. The first kappa shape index (κ1) is 17.8. The molecule has 1 aromatic heterocycles. The van der Waals surface area contributed by atoms with Gasteiger partial charge in [0.25, 0.3) is 5.91 Å². The summed E-state index contributed by atoms with van der Waals surface area (Å²) in [6, 6.07) is 11.1. The maximum absolute atomic E-state index is 12.1. The maximum Gasteiger partial charge on any atom is 0.272 e. The van der Waals surface area contributed by atoms with Crippen molar-refractivity contribution in [1.82, 2.24) is 9.88 Å². The molecule has 0 saturated carbocycles. The van der Waals surface area contributed by atoms with Crippen LogP contribution in [0, 0.1) is 6.92 Å². The fourth-order valence-corrected chi connectivity index (χ4v) is 1.83. The van der Waals surface area contributed by atoms with Crippen LogP contribution in [0.3, 0.4) is 0 Å².